The van der Waals surface area contributed by atoms with E-state index in [2.05, 4.69) is 5.32 Å². The van der Waals surface area contributed by atoms with Gasteiger partial charge in [-0.05, 0) is 25.7 Å². The van der Waals surface area contributed by atoms with Crippen LogP contribution in [0.15, 0.2) is 0 Å². The fourth-order valence-electron chi connectivity index (χ4n) is 1.74. The summed E-state index contributed by atoms with van der Waals surface area (Å²) in [5.74, 6) is -0.966. The molecule has 0 saturated carbocycles. The summed E-state index contributed by atoms with van der Waals surface area (Å²) < 4.78 is 5.16. The van der Waals surface area contributed by atoms with Crippen LogP contribution >= 0.6 is 0 Å². The van der Waals surface area contributed by atoms with Crippen molar-refractivity contribution in [1.29, 1.82) is 0 Å². The van der Waals surface area contributed by atoms with Crippen LogP contribution in [0.1, 0.15) is 32.1 Å². The van der Waals surface area contributed by atoms with E-state index in [0.717, 1.165) is 0 Å². The van der Waals surface area contributed by atoms with Crippen LogP contribution in [0.3, 0.4) is 0 Å². The van der Waals surface area contributed by atoms with Gasteiger partial charge < -0.3 is 20.9 Å². The van der Waals surface area contributed by atoms with Crippen molar-refractivity contribution in [2.45, 2.75) is 37.6 Å². The first kappa shape index (κ1) is 13.9. The van der Waals surface area contributed by atoms with E-state index in [9.17, 15) is 9.59 Å². The highest BCUT2D eigenvalue weighted by Crippen LogP contribution is 2.17. The lowest BCUT2D eigenvalue weighted by Crippen LogP contribution is -2.57. The molecule has 1 aliphatic heterocycles. The van der Waals surface area contributed by atoms with E-state index in [4.69, 9.17) is 15.6 Å². The zero-order valence-electron chi connectivity index (χ0n) is 9.91. The van der Waals surface area contributed by atoms with Crippen molar-refractivity contribution in [3.63, 3.8) is 0 Å². The van der Waals surface area contributed by atoms with Gasteiger partial charge in [0.2, 0.25) is 5.91 Å². The monoisotopic (exact) mass is 244 g/mol. The molecule has 0 aromatic carbocycles. The van der Waals surface area contributed by atoms with Crippen LogP contribution in [0.4, 0.5) is 0 Å². The molecule has 1 amide bonds. The van der Waals surface area contributed by atoms with Crippen molar-refractivity contribution in [1.82, 2.24) is 5.32 Å². The number of carboxylic acids is 1. The third-order valence-corrected chi connectivity index (χ3v) is 2.94. The third-order valence-electron chi connectivity index (χ3n) is 2.94. The molecule has 1 aliphatic rings. The van der Waals surface area contributed by atoms with E-state index in [1.54, 1.807) is 0 Å². The molecule has 1 fully saturated rings. The second kappa shape index (κ2) is 6.56. The summed E-state index contributed by atoms with van der Waals surface area (Å²) in [6.45, 7) is 1.51. The Labute approximate surface area is 101 Å². The van der Waals surface area contributed by atoms with E-state index >= 15 is 0 Å². The Kier molecular flexibility index (Phi) is 5.37. The SMILES string of the molecule is NC1(C(=O)NCCCCC(=O)O)CCOCC1. The number of nitrogens with one attached hydrogen (secondary N) is 1. The molecule has 0 bridgehead atoms. The van der Waals surface area contributed by atoms with E-state index in [0.29, 0.717) is 45.4 Å². The van der Waals surface area contributed by atoms with Crippen LogP contribution < -0.4 is 11.1 Å². The zero-order valence-corrected chi connectivity index (χ0v) is 9.91. The minimum atomic E-state index is -0.814. The molecule has 4 N–H and O–H groups in total. The minimum absolute atomic E-state index is 0.136. The lowest BCUT2D eigenvalue weighted by Gasteiger charge is -2.31. The number of amides is 1. The molecule has 0 aromatic rings. The fraction of sp³-hybridized carbons (Fsp3) is 0.818. The lowest BCUT2D eigenvalue weighted by molar-refractivity contribution is -0.137. The largest absolute Gasteiger partial charge is 0.481 e. The molecule has 6 heteroatoms. The Bertz CT molecular complexity index is 275. The van der Waals surface area contributed by atoms with Gasteiger partial charge in [0.05, 0.1) is 5.54 Å². The highest BCUT2D eigenvalue weighted by atomic mass is 16.5. The minimum Gasteiger partial charge on any atom is -0.481 e. The van der Waals surface area contributed by atoms with Gasteiger partial charge in [0.15, 0.2) is 0 Å². The third kappa shape index (κ3) is 4.70. The maximum atomic E-state index is 11.8. The number of carbonyl (C=O) groups excluding carboxylic acids is 1. The first-order valence-corrected chi connectivity index (χ1v) is 5.91. The van der Waals surface area contributed by atoms with Gasteiger partial charge in [0.25, 0.3) is 0 Å². The first-order valence-electron chi connectivity index (χ1n) is 5.91. The van der Waals surface area contributed by atoms with Crippen molar-refractivity contribution < 1.29 is 19.4 Å². The number of carboxylic acid groups (broad SMARTS) is 1. The molecule has 1 rings (SSSR count). The summed E-state index contributed by atoms with van der Waals surface area (Å²) in [6, 6.07) is 0. The Balaban J connectivity index is 2.17. The van der Waals surface area contributed by atoms with Gasteiger partial charge in [-0.1, -0.05) is 0 Å². The Morgan fingerprint density at radius 2 is 1.94 bits per heavy atom. The molecular formula is C11H20N2O4. The van der Waals surface area contributed by atoms with Crippen molar-refractivity contribution in [3.8, 4) is 0 Å². The van der Waals surface area contributed by atoms with Gasteiger partial charge in [-0.3, -0.25) is 9.59 Å². The van der Waals surface area contributed by atoms with Crippen molar-refractivity contribution in [2.75, 3.05) is 19.8 Å². The molecule has 1 saturated heterocycles. The maximum Gasteiger partial charge on any atom is 0.303 e. The lowest BCUT2D eigenvalue weighted by atomic mass is 9.90. The normalized spacial score (nSPS) is 18.6. The van der Waals surface area contributed by atoms with Crippen LogP contribution in [0.2, 0.25) is 0 Å². The quantitative estimate of drug-likeness (QED) is 0.565. The summed E-state index contributed by atoms with van der Waals surface area (Å²) in [4.78, 5) is 22.1. The number of hydrogen-bond donors (Lipinski definition) is 3. The molecule has 0 radical (unpaired) electrons. The van der Waals surface area contributed by atoms with E-state index < -0.39 is 11.5 Å². The number of aliphatic carboxylic acids is 1. The Hall–Kier alpha value is -1.14. The standard InChI is InChI=1S/C11H20N2O4/c12-11(4-7-17-8-5-11)10(16)13-6-2-1-3-9(14)15/h1-8,12H2,(H,13,16)(H,14,15). The van der Waals surface area contributed by atoms with Crippen LogP contribution in [-0.2, 0) is 14.3 Å². The van der Waals surface area contributed by atoms with E-state index in [1.807, 2.05) is 0 Å². The molecule has 17 heavy (non-hydrogen) atoms. The molecule has 0 unspecified atom stereocenters. The fourth-order valence-corrected chi connectivity index (χ4v) is 1.74. The van der Waals surface area contributed by atoms with Gasteiger partial charge in [0.1, 0.15) is 0 Å². The van der Waals surface area contributed by atoms with Crippen molar-refractivity contribution in [3.05, 3.63) is 0 Å². The topological polar surface area (TPSA) is 102 Å². The van der Waals surface area contributed by atoms with Gasteiger partial charge in [-0.25, -0.2) is 0 Å². The number of ether oxygens (including phenoxy) is 1. The molecule has 0 spiro atoms. The van der Waals surface area contributed by atoms with Crippen LogP contribution in [0.5, 0.6) is 0 Å². The number of rotatable bonds is 6. The van der Waals surface area contributed by atoms with E-state index in [-0.39, 0.29) is 12.3 Å². The molecule has 0 atom stereocenters. The number of unbranched alkanes of at least 4 members (excludes halogenated alkanes) is 1. The van der Waals surface area contributed by atoms with Gasteiger partial charge in [0, 0.05) is 26.2 Å². The summed E-state index contributed by atoms with van der Waals surface area (Å²) in [5, 5.41) is 11.2. The summed E-state index contributed by atoms with van der Waals surface area (Å²) in [6.07, 6.45) is 2.43. The Morgan fingerprint density at radius 1 is 1.29 bits per heavy atom. The Morgan fingerprint density at radius 3 is 2.53 bits per heavy atom. The molecular weight excluding hydrogens is 224 g/mol. The zero-order chi connectivity index (χ0) is 12.7. The molecule has 0 aliphatic carbocycles. The summed E-state index contributed by atoms with van der Waals surface area (Å²) >= 11 is 0. The molecule has 6 nitrogen and oxygen atoms in total. The summed E-state index contributed by atoms with van der Waals surface area (Å²) in [7, 11) is 0. The first-order chi connectivity index (χ1) is 8.04. The van der Waals surface area contributed by atoms with Gasteiger partial charge in [-0.2, -0.15) is 0 Å². The molecule has 98 valence electrons. The van der Waals surface area contributed by atoms with E-state index in [1.165, 1.54) is 0 Å². The average Bonchev–Trinajstić information content (AvgIpc) is 2.29. The van der Waals surface area contributed by atoms with Crippen molar-refractivity contribution in [2.24, 2.45) is 5.73 Å². The number of nitrogens with two attached hydrogens (primary N) is 1. The molecule has 1 heterocycles. The predicted molar refractivity (Wildman–Crippen MR) is 61.5 cm³/mol. The number of hydrogen-bond acceptors (Lipinski definition) is 4. The van der Waals surface area contributed by atoms with Crippen molar-refractivity contribution >= 4 is 11.9 Å². The highest BCUT2D eigenvalue weighted by Gasteiger charge is 2.35. The average molecular weight is 244 g/mol. The van der Waals surface area contributed by atoms with Crippen LogP contribution in [-0.4, -0.2) is 42.3 Å². The predicted octanol–water partition coefficient (Wildman–Crippen LogP) is -0.135. The highest BCUT2D eigenvalue weighted by molar-refractivity contribution is 5.86. The van der Waals surface area contributed by atoms with Crippen LogP contribution in [0.25, 0.3) is 0 Å². The summed E-state index contributed by atoms with van der Waals surface area (Å²) in [5.41, 5.74) is 5.16. The second-order valence-electron chi connectivity index (χ2n) is 4.38. The van der Waals surface area contributed by atoms with Gasteiger partial charge >= 0.3 is 5.97 Å². The smallest absolute Gasteiger partial charge is 0.303 e. The maximum absolute atomic E-state index is 11.8. The van der Waals surface area contributed by atoms with Crippen LogP contribution in [0, 0.1) is 0 Å². The van der Waals surface area contributed by atoms with Gasteiger partial charge in [-0.15, -0.1) is 0 Å². The second-order valence-corrected chi connectivity index (χ2v) is 4.38. The molecule has 0 aromatic heterocycles. The number of carbonyl (C=O) groups is 2.